The van der Waals surface area contributed by atoms with Crippen LogP contribution in [0.5, 0.6) is 5.75 Å². The van der Waals surface area contributed by atoms with Crippen molar-refractivity contribution in [1.29, 1.82) is 0 Å². The van der Waals surface area contributed by atoms with Gasteiger partial charge in [-0.2, -0.15) is 18.3 Å². The molecule has 136 valence electrons. The molecule has 3 rings (SSSR count). The van der Waals surface area contributed by atoms with E-state index in [1.165, 1.54) is 12.1 Å². The summed E-state index contributed by atoms with van der Waals surface area (Å²) in [5.74, 6) is 0.412. The number of aromatic nitrogens is 2. The SMILES string of the molecule is Cn1nc([C@@H]2CNCCO2)cc1CCOc1ccc(C(F)(F)F)cc1. The number of rotatable bonds is 5. The molecule has 0 radical (unpaired) electrons. The normalized spacial score (nSPS) is 18.3. The van der Waals surface area contributed by atoms with Gasteiger partial charge in [-0.3, -0.25) is 4.68 Å². The molecule has 25 heavy (non-hydrogen) atoms. The zero-order valence-electron chi connectivity index (χ0n) is 13.8. The van der Waals surface area contributed by atoms with Crippen LogP contribution in [0.15, 0.2) is 30.3 Å². The number of alkyl halides is 3. The number of nitrogens with zero attached hydrogens (tertiary/aromatic N) is 2. The van der Waals surface area contributed by atoms with E-state index >= 15 is 0 Å². The standard InChI is InChI=1S/C17H20F3N3O2/c1-23-13(10-15(22-23)16-11-21-7-9-25-16)6-8-24-14-4-2-12(3-5-14)17(18,19)20/h2-5,10,16,21H,6-9,11H2,1H3/t16-/m0/s1. The summed E-state index contributed by atoms with van der Waals surface area (Å²) in [4.78, 5) is 0. The maximum absolute atomic E-state index is 12.5. The lowest BCUT2D eigenvalue weighted by atomic mass is 10.2. The fourth-order valence-corrected chi connectivity index (χ4v) is 2.69. The number of ether oxygens (including phenoxy) is 2. The summed E-state index contributed by atoms with van der Waals surface area (Å²) in [6, 6.07) is 6.68. The second kappa shape index (κ2) is 7.45. The predicted octanol–water partition coefficient (Wildman–Crippen LogP) is 2.72. The van der Waals surface area contributed by atoms with E-state index in [-0.39, 0.29) is 6.10 Å². The quantitative estimate of drug-likeness (QED) is 0.896. The molecule has 1 aliphatic heterocycles. The first kappa shape index (κ1) is 17.8. The Morgan fingerprint density at radius 2 is 2.08 bits per heavy atom. The molecule has 0 aliphatic carbocycles. The van der Waals surface area contributed by atoms with Crippen molar-refractivity contribution in [3.8, 4) is 5.75 Å². The van der Waals surface area contributed by atoms with E-state index in [2.05, 4.69) is 10.4 Å². The van der Waals surface area contributed by atoms with Crippen LogP contribution in [0.1, 0.15) is 23.1 Å². The molecule has 1 atom stereocenters. The topological polar surface area (TPSA) is 48.3 Å². The highest BCUT2D eigenvalue weighted by atomic mass is 19.4. The lowest BCUT2D eigenvalue weighted by Crippen LogP contribution is -2.33. The first-order valence-electron chi connectivity index (χ1n) is 8.08. The van der Waals surface area contributed by atoms with Gasteiger partial charge in [0.2, 0.25) is 0 Å². The lowest BCUT2D eigenvalue weighted by molar-refractivity contribution is -0.137. The first-order chi connectivity index (χ1) is 11.9. The fraction of sp³-hybridized carbons (Fsp3) is 0.471. The molecule has 0 spiro atoms. The average Bonchev–Trinajstić information content (AvgIpc) is 2.96. The number of morpholine rings is 1. The van der Waals surface area contributed by atoms with Crippen molar-refractivity contribution in [2.24, 2.45) is 7.05 Å². The number of nitrogens with one attached hydrogen (secondary N) is 1. The number of halogens is 3. The van der Waals surface area contributed by atoms with Crippen LogP contribution in [0.3, 0.4) is 0 Å². The number of hydrogen-bond acceptors (Lipinski definition) is 4. The summed E-state index contributed by atoms with van der Waals surface area (Å²) >= 11 is 0. The van der Waals surface area contributed by atoms with Crippen LogP contribution in [0.25, 0.3) is 0 Å². The van der Waals surface area contributed by atoms with Crippen LogP contribution >= 0.6 is 0 Å². The molecule has 0 amide bonds. The maximum Gasteiger partial charge on any atom is 0.416 e. The van der Waals surface area contributed by atoms with Crippen LogP contribution in [-0.2, 0) is 24.4 Å². The van der Waals surface area contributed by atoms with Crippen LogP contribution < -0.4 is 10.1 Å². The van der Waals surface area contributed by atoms with Crippen molar-refractivity contribution < 1.29 is 22.6 Å². The first-order valence-corrected chi connectivity index (χ1v) is 8.08. The van der Waals surface area contributed by atoms with Crippen LogP contribution in [0, 0.1) is 0 Å². The molecule has 2 aromatic rings. The molecule has 8 heteroatoms. The van der Waals surface area contributed by atoms with Crippen molar-refractivity contribution in [2.45, 2.75) is 18.7 Å². The van der Waals surface area contributed by atoms with E-state index in [4.69, 9.17) is 9.47 Å². The predicted molar refractivity (Wildman–Crippen MR) is 85.4 cm³/mol. The van der Waals surface area contributed by atoms with Crippen LogP contribution in [0.4, 0.5) is 13.2 Å². The lowest BCUT2D eigenvalue weighted by Gasteiger charge is -2.21. The molecule has 2 heterocycles. The largest absolute Gasteiger partial charge is 0.493 e. The van der Waals surface area contributed by atoms with E-state index < -0.39 is 11.7 Å². The minimum Gasteiger partial charge on any atom is -0.493 e. The van der Waals surface area contributed by atoms with Gasteiger partial charge in [-0.15, -0.1) is 0 Å². The summed E-state index contributed by atoms with van der Waals surface area (Å²) in [7, 11) is 1.85. The minimum absolute atomic E-state index is 0.0514. The Morgan fingerprint density at radius 3 is 2.72 bits per heavy atom. The van der Waals surface area contributed by atoms with E-state index in [0.717, 1.165) is 36.6 Å². The van der Waals surface area contributed by atoms with Crippen LogP contribution in [0.2, 0.25) is 0 Å². The second-order valence-electron chi connectivity index (χ2n) is 5.87. The molecule has 0 unspecified atom stereocenters. The Bertz CT molecular complexity index is 692. The van der Waals surface area contributed by atoms with Gasteiger partial charge in [0.25, 0.3) is 0 Å². The van der Waals surface area contributed by atoms with Gasteiger partial charge >= 0.3 is 6.18 Å². The van der Waals surface area contributed by atoms with Gasteiger partial charge < -0.3 is 14.8 Å². The molecule has 1 fully saturated rings. The number of aryl methyl sites for hydroxylation is 1. The van der Waals surface area contributed by atoms with Crippen molar-refractivity contribution in [3.05, 3.63) is 47.3 Å². The van der Waals surface area contributed by atoms with Gasteiger partial charge in [0.15, 0.2) is 0 Å². The molecule has 1 aromatic carbocycles. The van der Waals surface area contributed by atoms with Crippen molar-refractivity contribution >= 4 is 0 Å². The summed E-state index contributed by atoms with van der Waals surface area (Å²) < 4.78 is 50.6. The third-order valence-corrected chi connectivity index (χ3v) is 4.06. The van der Waals surface area contributed by atoms with Crippen molar-refractivity contribution in [2.75, 3.05) is 26.3 Å². The highest BCUT2D eigenvalue weighted by molar-refractivity contribution is 5.28. The summed E-state index contributed by atoms with van der Waals surface area (Å²) in [5, 5.41) is 7.73. The fourth-order valence-electron chi connectivity index (χ4n) is 2.69. The monoisotopic (exact) mass is 355 g/mol. The third-order valence-electron chi connectivity index (χ3n) is 4.06. The highest BCUT2D eigenvalue weighted by Crippen LogP contribution is 2.30. The molecular weight excluding hydrogens is 335 g/mol. The van der Waals surface area contributed by atoms with Gasteiger partial charge in [-0.1, -0.05) is 0 Å². The van der Waals surface area contributed by atoms with E-state index in [1.807, 2.05) is 13.1 Å². The molecule has 1 aliphatic rings. The van der Waals surface area contributed by atoms with Gasteiger partial charge in [-0.25, -0.2) is 0 Å². The summed E-state index contributed by atoms with van der Waals surface area (Å²) in [6.45, 7) is 2.59. The molecular formula is C17H20F3N3O2. The van der Waals surface area contributed by atoms with E-state index in [0.29, 0.717) is 25.4 Å². The van der Waals surface area contributed by atoms with Gasteiger partial charge in [0.1, 0.15) is 11.9 Å². The molecule has 5 nitrogen and oxygen atoms in total. The summed E-state index contributed by atoms with van der Waals surface area (Å²) in [6.07, 6.45) is -3.78. The Kier molecular flexibility index (Phi) is 5.29. The second-order valence-corrected chi connectivity index (χ2v) is 5.87. The molecule has 0 saturated carbocycles. The zero-order valence-corrected chi connectivity index (χ0v) is 13.8. The molecule has 1 aromatic heterocycles. The molecule has 1 saturated heterocycles. The summed E-state index contributed by atoms with van der Waals surface area (Å²) in [5.41, 5.74) is 1.17. The maximum atomic E-state index is 12.5. The number of hydrogen-bond donors (Lipinski definition) is 1. The molecule has 0 bridgehead atoms. The average molecular weight is 355 g/mol. The highest BCUT2D eigenvalue weighted by Gasteiger charge is 2.30. The van der Waals surface area contributed by atoms with Crippen LogP contribution in [-0.4, -0.2) is 36.1 Å². The van der Waals surface area contributed by atoms with Crippen molar-refractivity contribution in [1.82, 2.24) is 15.1 Å². The third kappa shape index (κ3) is 4.52. The van der Waals surface area contributed by atoms with Gasteiger partial charge in [0, 0.05) is 32.3 Å². The smallest absolute Gasteiger partial charge is 0.416 e. The Morgan fingerprint density at radius 1 is 1.32 bits per heavy atom. The molecule has 1 N–H and O–H groups in total. The zero-order chi connectivity index (χ0) is 17.9. The number of benzene rings is 1. The Labute approximate surface area is 143 Å². The minimum atomic E-state index is -4.33. The van der Waals surface area contributed by atoms with Gasteiger partial charge in [-0.05, 0) is 30.3 Å². The van der Waals surface area contributed by atoms with E-state index in [1.54, 1.807) is 4.68 Å². The van der Waals surface area contributed by atoms with Gasteiger partial charge in [0.05, 0.1) is 24.5 Å². The Hall–Kier alpha value is -2.06. The van der Waals surface area contributed by atoms with E-state index in [9.17, 15) is 13.2 Å². The Balaban J connectivity index is 1.54. The van der Waals surface area contributed by atoms with Crippen molar-refractivity contribution in [3.63, 3.8) is 0 Å².